The van der Waals surface area contributed by atoms with Gasteiger partial charge in [-0.05, 0) is 13.0 Å². The second kappa shape index (κ2) is 7.23. The first-order valence-corrected chi connectivity index (χ1v) is 8.16. The summed E-state index contributed by atoms with van der Waals surface area (Å²) >= 11 is 0. The predicted octanol–water partition coefficient (Wildman–Crippen LogP) is 1.12. The lowest BCUT2D eigenvalue weighted by atomic mass is 10.4. The maximum Gasteiger partial charge on any atom is 0.265 e. The van der Waals surface area contributed by atoms with Crippen LogP contribution in [0.4, 0.5) is 5.69 Å². The first-order chi connectivity index (χ1) is 10.5. The lowest BCUT2D eigenvalue weighted by molar-refractivity contribution is 0.144. The summed E-state index contributed by atoms with van der Waals surface area (Å²) in [6.07, 6.45) is 4.17. The zero-order valence-electron chi connectivity index (χ0n) is 12.4. The van der Waals surface area contributed by atoms with Crippen LogP contribution in [-0.4, -0.2) is 43.5 Å². The summed E-state index contributed by atoms with van der Waals surface area (Å²) < 4.78 is 38.5. The molecule has 2 aromatic rings. The van der Waals surface area contributed by atoms with Crippen molar-refractivity contribution in [2.45, 2.75) is 18.4 Å². The van der Waals surface area contributed by atoms with E-state index in [1.807, 2.05) is 6.92 Å². The Morgan fingerprint density at radius 2 is 2.09 bits per heavy atom. The van der Waals surface area contributed by atoms with E-state index in [1.165, 1.54) is 18.6 Å². The van der Waals surface area contributed by atoms with Gasteiger partial charge in [-0.1, -0.05) is 0 Å². The second-order valence-corrected chi connectivity index (χ2v) is 6.05. The Morgan fingerprint density at radius 3 is 2.68 bits per heavy atom. The van der Waals surface area contributed by atoms with Crippen molar-refractivity contribution in [3.05, 3.63) is 30.7 Å². The number of aryl methyl sites for hydroxylation is 1. The molecule has 1 N–H and O–H groups in total. The van der Waals surface area contributed by atoms with Crippen LogP contribution < -0.4 is 9.46 Å². The van der Waals surface area contributed by atoms with Crippen molar-refractivity contribution in [1.29, 1.82) is 0 Å². The Labute approximate surface area is 129 Å². The van der Waals surface area contributed by atoms with Crippen molar-refractivity contribution in [3.63, 3.8) is 0 Å². The Hall–Kier alpha value is -2.13. The van der Waals surface area contributed by atoms with Gasteiger partial charge in [0.05, 0.1) is 24.7 Å². The monoisotopic (exact) mass is 326 g/mol. The van der Waals surface area contributed by atoms with Gasteiger partial charge >= 0.3 is 0 Å². The van der Waals surface area contributed by atoms with Gasteiger partial charge < -0.3 is 9.47 Å². The zero-order valence-corrected chi connectivity index (χ0v) is 13.2. The molecule has 0 atom stereocenters. The molecule has 2 rings (SSSR count). The first-order valence-electron chi connectivity index (χ1n) is 6.68. The van der Waals surface area contributed by atoms with Crippen LogP contribution >= 0.6 is 0 Å². The van der Waals surface area contributed by atoms with E-state index in [-0.39, 0.29) is 4.90 Å². The quantitative estimate of drug-likeness (QED) is 0.731. The summed E-state index contributed by atoms with van der Waals surface area (Å²) in [6.45, 7) is 3.32. The van der Waals surface area contributed by atoms with Crippen LogP contribution in [0.25, 0.3) is 0 Å². The summed E-state index contributed by atoms with van der Waals surface area (Å²) in [5.74, 6) is 0.402. The highest BCUT2D eigenvalue weighted by Crippen LogP contribution is 2.16. The molecule has 0 amide bonds. The van der Waals surface area contributed by atoms with E-state index in [9.17, 15) is 8.42 Å². The van der Waals surface area contributed by atoms with Gasteiger partial charge in [-0.2, -0.15) is 5.10 Å². The van der Waals surface area contributed by atoms with E-state index >= 15 is 0 Å². The highest BCUT2D eigenvalue weighted by molar-refractivity contribution is 7.92. The summed E-state index contributed by atoms with van der Waals surface area (Å²) in [5, 5.41) is 3.95. The van der Waals surface area contributed by atoms with E-state index < -0.39 is 10.0 Å². The fourth-order valence-electron chi connectivity index (χ4n) is 1.63. The summed E-state index contributed by atoms with van der Waals surface area (Å²) in [5.41, 5.74) is 0.350. The molecular weight excluding hydrogens is 308 g/mol. The topological polar surface area (TPSA) is 95.3 Å². The molecule has 22 heavy (non-hydrogen) atoms. The molecule has 8 nitrogen and oxygen atoms in total. The maximum atomic E-state index is 12.2. The van der Waals surface area contributed by atoms with Gasteiger partial charge in [0.25, 0.3) is 10.0 Å². The summed E-state index contributed by atoms with van der Waals surface area (Å²) in [6, 6.07) is 3.17. The Balaban J connectivity index is 2.03. The van der Waals surface area contributed by atoms with Gasteiger partial charge in [0.2, 0.25) is 5.88 Å². The second-order valence-electron chi connectivity index (χ2n) is 4.36. The molecule has 0 aliphatic heterocycles. The molecule has 0 saturated heterocycles. The molecule has 0 aromatic carbocycles. The molecule has 9 heteroatoms. The molecule has 0 aliphatic rings. The molecule has 0 spiro atoms. The van der Waals surface area contributed by atoms with Gasteiger partial charge in [0, 0.05) is 25.9 Å². The number of aromatic nitrogens is 3. The third kappa shape index (κ3) is 4.18. The van der Waals surface area contributed by atoms with Gasteiger partial charge in [0.1, 0.15) is 11.5 Å². The normalized spacial score (nSPS) is 11.4. The van der Waals surface area contributed by atoms with Gasteiger partial charge in [-0.25, -0.2) is 13.4 Å². The SMILES string of the molecule is CCn1cc(S(=O)(=O)Nc2ccc(OCCOC)nc2)cn1. The predicted molar refractivity (Wildman–Crippen MR) is 80.3 cm³/mol. The molecule has 0 unspecified atom stereocenters. The van der Waals surface area contributed by atoms with Crippen molar-refractivity contribution in [2.75, 3.05) is 25.0 Å². The number of rotatable bonds is 8. The van der Waals surface area contributed by atoms with Crippen molar-refractivity contribution in [2.24, 2.45) is 0 Å². The van der Waals surface area contributed by atoms with Crippen molar-refractivity contribution in [3.8, 4) is 5.88 Å². The van der Waals surface area contributed by atoms with Crippen molar-refractivity contribution >= 4 is 15.7 Å². The van der Waals surface area contributed by atoms with Crippen LogP contribution in [0.3, 0.4) is 0 Å². The van der Waals surface area contributed by atoms with Crippen molar-refractivity contribution in [1.82, 2.24) is 14.8 Å². The molecule has 0 fully saturated rings. The van der Waals surface area contributed by atoms with Crippen LogP contribution in [-0.2, 0) is 21.3 Å². The third-order valence-corrected chi connectivity index (χ3v) is 4.11. The van der Waals surface area contributed by atoms with Crippen LogP contribution in [0.15, 0.2) is 35.6 Å². The minimum atomic E-state index is -3.67. The molecule has 0 saturated carbocycles. The molecule has 2 aromatic heterocycles. The Kier molecular flexibility index (Phi) is 5.34. The number of hydrogen-bond acceptors (Lipinski definition) is 6. The largest absolute Gasteiger partial charge is 0.475 e. The van der Waals surface area contributed by atoms with Crippen LogP contribution in [0.1, 0.15) is 6.92 Å². The first kappa shape index (κ1) is 16.2. The number of ether oxygens (including phenoxy) is 2. The highest BCUT2D eigenvalue weighted by atomic mass is 32.2. The summed E-state index contributed by atoms with van der Waals surface area (Å²) in [4.78, 5) is 4.13. The lowest BCUT2D eigenvalue weighted by Gasteiger charge is -2.07. The number of pyridine rings is 1. The van der Waals surface area contributed by atoms with Gasteiger partial charge in [-0.15, -0.1) is 0 Å². The number of anilines is 1. The Bertz CT molecular complexity index is 697. The van der Waals surface area contributed by atoms with Gasteiger partial charge in [-0.3, -0.25) is 9.40 Å². The average Bonchev–Trinajstić information content (AvgIpc) is 2.99. The zero-order chi connectivity index (χ0) is 16.0. The standard InChI is InChI=1S/C13H18N4O4S/c1-3-17-10-12(9-15-17)22(18,19)16-11-4-5-13(14-8-11)21-7-6-20-2/h4-5,8-10,16H,3,6-7H2,1-2H3. The van der Waals surface area contributed by atoms with E-state index in [4.69, 9.17) is 9.47 Å². The van der Waals surface area contributed by atoms with E-state index in [2.05, 4.69) is 14.8 Å². The lowest BCUT2D eigenvalue weighted by Crippen LogP contribution is -2.12. The minimum Gasteiger partial charge on any atom is -0.475 e. The number of hydrogen-bond donors (Lipinski definition) is 1. The van der Waals surface area contributed by atoms with Gasteiger partial charge in [0.15, 0.2) is 0 Å². The van der Waals surface area contributed by atoms with Crippen molar-refractivity contribution < 1.29 is 17.9 Å². The van der Waals surface area contributed by atoms with E-state index in [1.54, 1.807) is 23.9 Å². The molecule has 2 heterocycles. The van der Waals surface area contributed by atoms with E-state index in [0.717, 1.165) is 0 Å². The minimum absolute atomic E-state index is 0.106. The fourth-order valence-corrected chi connectivity index (χ4v) is 2.62. The van der Waals surface area contributed by atoms with Crippen LogP contribution in [0.5, 0.6) is 5.88 Å². The molecule has 0 radical (unpaired) electrons. The number of sulfonamides is 1. The average molecular weight is 326 g/mol. The third-order valence-electron chi connectivity index (χ3n) is 2.77. The number of nitrogens with one attached hydrogen (secondary N) is 1. The Morgan fingerprint density at radius 1 is 1.27 bits per heavy atom. The number of nitrogens with zero attached hydrogens (tertiary/aromatic N) is 3. The molecule has 0 aliphatic carbocycles. The number of methoxy groups -OCH3 is 1. The van der Waals surface area contributed by atoms with E-state index in [0.29, 0.717) is 31.3 Å². The van der Waals surface area contributed by atoms with Crippen LogP contribution in [0, 0.1) is 0 Å². The fraction of sp³-hybridized carbons (Fsp3) is 0.385. The van der Waals surface area contributed by atoms with Crippen LogP contribution in [0.2, 0.25) is 0 Å². The maximum absolute atomic E-state index is 12.2. The highest BCUT2D eigenvalue weighted by Gasteiger charge is 2.16. The smallest absolute Gasteiger partial charge is 0.265 e. The summed E-state index contributed by atoms with van der Waals surface area (Å²) in [7, 11) is -2.09. The molecule has 120 valence electrons. The molecule has 0 bridgehead atoms. The molecular formula is C13H18N4O4S.